The fourth-order valence-electron chi connectivity index (χ4n) is 16.2. The molecule has 12 aromatic heterocycles. The van der Waals surface area contributed by atoms with Crippen molar-refractivity contribution in [2.24, 2.45) is 29.6 Å². The number of aryl methyl sites for hydroxylation is 2. The molecule has 108 heavy (non-hydrogen) atoms. The molecular weight excluding hydrogens is 1570 g/mol. The number of halogens is 3. The molecule has 2 aromatic carbocycles. The third-order valence-electron chi connectivity index (χ3n) is 22.8. The van der Waals surface area contributed by atoms with Gasteiger partial charge in [0.1, 0.15) is 4.88 Å². The largest absolute Gasteiger partial charge is 0.461 e. The van der Waals surface area contributed by atoms with Crippen LogP contribution in [0.2, 0.25) is 0 Å². The highest BCUT2D eigenvalue weighted by molar-refractivity contribution is 7.35. The Hall–Kier alpha value is -4.34. The van der Waals surface area contributed by atoms with Crippen molar-refractivity contribution in [1.82, 2.24) is 0 Å². The number of carbonyl (C=O) groups is 1. The van der Waals surface area contributed by atoms with Gasteiger partial charge >= 0.3 is 5.97 Å². The molecule has 0 aliphatic rings. The van der Waals surface area contributed by atoms with Gasteiger partial charge in [0, 0.05) is 131 Å². The minimum atomic E-state index is -0.777. The molecule has 572 valence electrons. The van der Waals surface area contributed by atoms with Gasteiger partial charge in [-0.05, 0) is 148 Å². The first-order chi connectivity index (χ1) is 52.5. The van der Waals surface area contributed by atoms with Crippen molar-refractivity contribution in [2.45, 2.75) is 237 Å². The lowest BCUT2D eigenvalue weighted by atomic mass is 9.95. The summed E-state index contributed by atoms with van der Waals surface area (Å²) in [5.41, 5.74) is 4.86. The number of thiophene rings is 12. The number of hydrogen-bond acceptors (Lipinski definition) is 14. The van der Waals surface area contributed by atoms with Crippen molar-refractivity contribution in [3.8, 4) is 71.0 Å². The van der Waals surface area contributed by atoms with Gasteiger partial charge in [0.05, 0.1) is 36.0 Å². The molecule has 5 unspecified atom stereocenters. The summed E-state index contributed by atoms with van der Waals surface area (Å²) in [6, 6.07) is 28.5. The number of esters is 1. The highest BCUT2D eigenvalue weighted by Crippen LogP contribution is 2.61. The van der Waals surface area contributed by atoms with Crippen LogP contribution in [0.5, 0.6) is 0 Å². The lowest BCUT2D eigenvalue weighted by molar-refractivity contribution is 0.0429. The van der Waals surface area contributed by atoms with Crippen LogP contribution in [0.1, 0.15) is 237 Å². The monoisotopic (exact) mass is 1670 g/mol. The Morgan fingerprint density at radius 1 is 0.352 bits per heavy atom. The Labute approximate surface area is 686 Å². The number of carbonyl (C=O) groups excluding carboxylic acids is 1. The van der Waals surface area contributed by atoms with Gasteiger partial charge in [-0.25, -0.2) is 13.6 Å². The lowest BCUT2D eigenvalue weighted by Gasteiger charge is -2.14. The second kappa shape index (κ2) is 36.0. The van der Waals surface area contributed by atoms with E-state index in [-0.39, 0.29) is 17.4 Å². The van der Waals surface area contributed by atoms with E-state index in [2.05, 4.69) is 149 Å². The molecule has 0 aliphatic carbocycles. The Morgan fingerprint density at radius 2 is 0.704 bits per heavy atom. The third-order valence-corrected chi connectivity index (χ3v) is 37.0. The highest BCUT2D eigenvalue weighted by atomic mass is 32.1. The Morgan fingerprint density at radius 3 is 1.09 bits per heavy atom. The summed E-state index contributed by atoms with van der Waals surface area (Å²) in [7, 11) is 0. The first kappa shape index (κ1) is 80.3. The minimum Gasteiger partial charge on any atom is -0.461 e. The SMILES string of the molecule is CCCCC(CC)COC(=O)c1sc2c(-c3cc4c(-c5ccc(CC(CC)CCCC)s5)c5sc(-c6sc(-c7cc8c(-c9ccc(CC(CC)CCCC)s9)c9sc(C)cc9c(-c9ccc(CC(CC)CCCC)s9)c8s7)c7sc(F)c(F)c67)cc5c(-c5ccc(CC(CC)CCCC)s5)c4s3)sc(C)c2c1F. The quantitative estimate of drug-likeness (QED) is 0.0361. The summed E-state index contributed by atoms with van der Waals surface area (Å²) >= 11 is 20.3. The van der Waals surface area contributed by atoms with Crippen molar-refractivity contribution in [2.75, 3.05) is 6.61 Å². The summed E-state index contributed by atoms with van der Waals surface area (Å²) in [5.74, 6) is 0.849. The lowest BCUT2D eigenvalue weighted by Crippen LogP contribution is -2.14. The molecule has 14 rings (SSSR count). The first-order valence-corrected chi connectivity index (χ1v) is 50.0. The van der Waals surface area contributed by atoms with Crippen LogP contribution in [0.25, 0.3) is 132 Å². The van der Waals surface area contributed by atoms with Gasteiger partial charge in [-0.2, -0.15) is 4.39 Å². The van der Waals surface area contributed by atoms with Crippen LogP contribution < -0.4 is 0 Å². The van der Waals surface area contributed by atoms with E-state index < -0.39 is 22.7 Å². The maximum absolute atomic E-state index is 17.6. The van der Waals surface area contributed by atoms with Crippen molar-refractivity contribution in [3.63, 3.8) is 0 Å². The van der Waals surface area contributed by atoms with E-state index in [0.717, 1.165) is 146 Å². The smallest absolute Gasteiger partial charge is 0.351 e. The summed E-state index contributed by atoms with van der Waals surface area (Å²) in [6.07, 6.45) is 27.4. The summed E-state index contributed by atoms with van der Waals surface area (Å²) in [4.78, 5) is 32.4. The molecule has 0 bridgehead atoms. The van der Waals surface area contributed by atoms with E-state index in [1.165, 1.54) is 176 Å². The zero-order chi connectivity index (χ0) is 75.6. The van der Waals surface area contributed by atoms with Crippen molar-refractivity contribution < 1.29 is 22.7 Å². The van der Waals surface area contributed by atoms with Crippen LogP contribution in [-0.4, -0.2) is 12.6 Å². The molecule has 0 N–H and O–H groups in total. The number of hydrogen-bond donors (Lipinski definition) is 0. The zero-order valence-corrected chi connectivity index (χ0v) is 74.6. The Kier molecular flexibility index (Phi) is 26.8. The average molecular weight is 1670 g/mol. The van der Waals surface area contributed by atoms with Gasteiger partial charge in [-0.3, -0.25) is 0 Å². The predicted molar refractivity (Wildman–Crippen MR) is 485 cm³/mol. The average Bonchev–Trinajstić information content (AvgIpc) is 1.56. The minimum absolute atomic E-state index is 0.0455. The second-order valence-electron chi connectivity index (χ2n) is 30.3. The van der Waals surface area contributed by atoms with Gasteiger partial charge in [-0.15, -0.1) is 136 Å². The van der Waals surface area contributed by atoms with Gasteiger partial charge < -0.3 is 4.74 Å². The van der Waals surface area contributed by atoms with E-state index >= 15 is 13.2 Å². The van der Waals surface area contributed by atoms with Crippen LogP contribution in [0.15, 0.2) is 72.8 Å². The number of unbranched alkanes of at least 4 members (excludes halogenated alkanes) is 5. The van der Waals surface area contributed by atoms with Gasteiger partial charge in [0.25, 0.3) is 0 Å². The fourth-order valence-corrected chi connectivity index (χ4v) is 31.3. The predicted octanol–water partition coefficient (Wildman–Crippen LogP) is 35.5. The molecule has 0 aliphatic heterocycles. The van der Waals surface area contributed by atoms with Crippen LogP contribution in [0, 0.1) is 60.2 Å². The number of fused-ring (bicyclic) bond motifs is 6. The molecule has 14 aromatic rings. The summed E-state index contributed by atoms with van der Waals surface area (Å²) < 4.78 is 63.8. The standard InChI is InChI=1S/C91H103F3O2S12/c1-13-23-28-52(18-6)42-57-33-37-65(99-57)73-61-41-50(11)97-80(61)74(66-38-34-58(100-66)43-53(19-7)29-24-14-2)63-48-71(105-81(63)73)86-88-77(79(93)90(94)108-88)84(106-86)69-46-62-75(67-39-35-59(101-67)44-54(20-8)30-25-15-3)83-64(76(82(62)103-69)68-40-36-60(102-68)45-55(21-9)31-26-16-4)47-70(104-83)85-87-72(51(12)98-85)78(92)89(107-87)91(95)96-49-56(22-10)32-27-17-5/h33-41,46-48,52-56H,13-32,42-45,49H2,1-12H3. The molecule has 17 heteroatoms. The third kappa shape index (κ3) is 16.4. The maximum Gasteiger partial charge on any atom is 0.351 e. The molecular formula is C91H103F3O2S12. The Balaban J connectivity index is 0.979. The summed E-state index contributed by atoms with van der Waals surface area (Å²) in [6.45, 7) is 27.4. The number of benzene rings is 2. The maximum atomic E-state index is 17.6. The molecule has 0 radical (unpaired) electrons. The first-order valence-electron chi connectivity index (χ1n) is 40.2. The molecule has 12 heterocycles. The van der Waals surface area contributed by atoms with E-state index in [9.17, 15) is 4.79 Å². The molecule has 5 atom stereocenters. The van der Waals surface area contributed by atoms with Crippen LogP contribution in [-0.2, 0) is 30.4 Å². The number of ether oxygens (including phenoxy) is 1. The van der Waals surface area contributed by atoms with Crippen molar-refractivity contribution in [1.29, 1.82) is 0 Å². The molecule has 0 amide bonds. The second-order valence-corrected chi connectivity index (χ2v) is 43.6. The van der Waals surface area contributed by atoms with E-state index in [1.54, 1.807) is 45.3 Å². The molecule has 0 fully saturated rings. The Bertz CT molecular complexity index is 5210. The molecule has 0 saturated carbocycles. The highest BCUT2D eigenvalue weighted by Gasteiger charge is 2.33. The van der Waals surface area contributed by atoms with Gasteiger partial charge in [0.15, 0.2) is 11.6 Å². The molecule has 0 spiro atoms. The van der Waals surface area contributed by atoms with E-state index in [1.807, 2.05) is 74.9 Å². The van der Waals surface area contributed by atoms with Crippen LogP contribution in [0.4, 0.5) is 13.2 Å². The van der Waals surface area contributed by atoms with E-state index in [0.29, 0.717) is 39.1 Å². The van der Waals surface area contributed by atoms with Crippen LogP contribution in [0.3, 0.4) is 0 Å². The zero-order valence-electron chi connectivity index (χ0n) is 64.8. The molecule has 2 nitrogen and oxygen atoms in total. The van der Waals surface area contributed by atoms with Gasteiger partial charge in [0.2, 0.25) is 5.13 Å². The van der Waals surface area contributed by atoms with Crippen molar-refractivity contribution in [3.05, 3.63) is 124 Å². The number of rotatable bonds is 38. The molecule has 0 saturated heterocycles. The topological polar surface area (TPSA) is 26.3 Å². The van der Waals surface area contributed by atoms with Crippen molar-refractivity contribution >= 4 is 203 Å². The fraction of sp³-hybridized carbons (Fsp3) is 0.462. The van der Waals surface area contributed by atoms with E-state index in [4.69, 9.17) is 4.74 Å². The summed E-state index contributed by atoms with van der Waals surface area (Å²) in [5, 5.41) is 4.85. The van der Waals surface area contributed by atoms with Gasteiger partial charge in [-0.1, -0.05) is 191 Å². The normalized spacial score (nSPS) is 13.7. The van der Waals surface area contributed by atoms with Crippen LogP contribution >= 0.6 is 136 Å².